The number of likely N-dealkylation sites (N-methyl/N-ethyl adjacent to an activating group) is 1. The summed E-state index contributed by atoms with van der Waals surface area (Å²) < 4.78 is 0. The molecule has 1 unspecified atom stereocenters. The molecule has 0 spiro atoms. The van der Waals surface area contributed by atoms with Crippen molar-refractivity contribution < 1.29 is 9.90 Å². The topological polar surface area (TPSA) is 90.9 Å². The number of amides is 1. The van der Waals surface area contributed by atoms with Gasteiger partial charge in [-0.05, 0) is 50.9 Å². The lowest BCUT2D eigenvalue weighted by atomic mass is 9.74. The lowest BCUT2D eigenvalue weighted by Crippen LogP contribution is -2.45. The highest BCUT2D eigenvalue weighted by Crippen LogP contribution is 2.40. The molecule has 0 aromatic rings. The predicted octanol–water partition coefficient (Wildman–Crippen LogP) is 2.75. The first kappa shape index (κ1) is 20.6. The third-order valence-corrected chi connectivity index (χ3v) is 6.95. The highest BCUT2D eigenvalue weighted by atomic mass is 16.3. The Balaban J connectivity index is 1.67. The fraction of sp³-hybridized carbons (Fsp3) is 0.905. The molecule has 1 amide bonds. The summed E-state index contributed by atoms with van der Waals surface area (Å²) in [7, 11) is 1.75. The molecule has 6 heteroatoms. The molecule has 1 aliphatic heterocycles. The van der Waals surface area contributed by atoms with E-state index >= 15 is 0 Å². The van der Waals surface area contributed by atoms with E-state index in [1.807, 2.05) is 0 Å². The number of hydrogen-bond acceptors (Lipinski definition) is 5. The second-order valence-corrected chi connectivity index (χ2v) is 9.18. The van der Waals surface area contributed by atoms with Gasteiger partial charge in [-0.1, -0.05) is 44.9 Å². The number of nitrogens with one attached hydrogen (secondary N) is 1. The first-order valence-electron chi connectivity index (χ1n) is 11.0. The number of nitrogens with zero attached hydrogens (tertiary/aromatic N) is 2. The highest BCUT2D eigenvalue weighted by molar-refractivity contribution is 6.06. The van der Waals surface area contributed by atoms with Gasteiger partial charge < -0.3 is 10.8 Å². The number of rotatable bonds is 7. The molecule has 154 valence electrons. The number of aliphatic hydroxyl groups excluding tert-OH is 1. The standard InChI is InChI=1S/C21H38N4O2/c1-15(26)23-18-10-6-9-17(13-18)14-21(19(27)25(2)20(22)24-21)12-11-16-7-4-3-5-8-16/h15-18,23,26H,3-14H2,1-2H3,(H2,22,24)/t15?,17-,18+,21+/m0/s1. The molecule has 0 radical (unpaired) electrons. The molecule has 0 aromatic heterocycles. The second-order valence-electron chi connectivity index (χ2n) is 9.18. The Bertz CT molecular complexity index is 544. The van der Waals surface area contributed by atoms with Gasteiger partial charge in [0, 0.05) is 13.1 Å². The summed E-state index contributed by atoms with van der Waals surface area (Å²) in [6, 6.07) is 0.328. The van der Waals surface area contributed by atoms with E-state index < -0.39 is 11.8 Å². The molecule has 4 atom stereocenters. The van der Waals surface area contributed by atoms with Crippen LogP contribution in [0.25, 0.3) is 0 Å². The summed E-state index contributed by atoms with van der Waals surface area (Å²) in [5, 5.41) is 12.9. The van der Waals surface area contributed by atoms with Crippen molar-refractivity contribution in [1.82, 2.24) is 10.2 Å². The monoisotopic (exact) mass is 378 g/mol. The van der Waals surface area contributed by atoms with Crippen LogP contribution in [-0.2, 0) is 4.79 Å². The summed E-state index contributed by atoms with van der Waals surface area (Å²) in [5.41, 5.74) is 5.40. The lowest BCUT2D eigenvalue weighted by Gasteiger charge is -2.36. The number of carbonyl (C=O) groups is 1. The number of hydrogen-bond donors (Lipinski definition) is 3. The van der Waals surface area contributed by atoms with Crippen LogP contribution in [0.5, 0.6) is 0 Å². The van der Waals surface area contributed by atoms with Crippen LogP contribution >= 0.6 is 0 Å². The first-order valence-corrected chi connectivity index (χ1v) is 11.0. The highest BCUT2D eigenvalue weighted by Gasteiger charge is 2.47. The molecular weight excluding hydrogens is 340 g/mol. The van der Waals surface area contributed by atoms with E-state index in [0.717, 1.165) is 50.9 Å². The van der Waals surface area contributed by atoms with Gasteiger partial charge in [0.15, 0.2) is 5.96 Å². The third kappa shape index (κ3) is 5.02. The molecule has 6 nitrogen and oxygen atoms in total. The van der Waals surface area contributed by atoms with E-state index in [1.165, 1.54) is 32.1 Å². The zero-order valence-electron chi connectivity index (χ0n) is 17.1. The van der Waals surface area contributed by atoms with Gasteiger partial charge in [-0.25, -0.2) is 4.99 Å². The average Bonchev–Trinajstić information content (AvgIpc) is 2.85. The Labute approximate surface area is 164 Å². The summed E-state index contributed by atoms with van der Waals surface area (Å²) in [6.45, 7) is 1.77. The normalized spacial score (nSPS) is 34.0. The smallest absolute Gasteiger partial charge is 0.257 e. The number of carbonyl (C=O) groups excluding carboxylic acids is 1. The van der Waals surface area contributed by atoms with Crippen LogP contribution in [0, 0.1) is 11.8 Å². The molecular formula is C21H38N4O2. The van der Waals surface area contributed by atoms with Gasteiger partial charge in [-0.15, -0.1) is 0 Å². The Morgan fingerprint density at radius 3 is 2.56 bits per heavy atom. The Morgan fingerprint density at radius 1 is 1.22 bits per heavy atom. The minimum absolute atomic E-state index is 0.0846. The number of guanidine groups is 1. The van der Waals surface area contributed by atoms with Crippen molar-refractivity contribution in [2.45, 2.75) is 102 Å². The van der Waals surface area contributed by atoms with E-state index in [0.29, 0.717) is 17.9 Å². The van der Waals surface area contributed by atoms with Crippen molar-refractivity contribution >= 4 is 11.9 Å². The zero-order valence-corrected chi connectivity index (χ0v) is 17.1. The molecule has 0 saturated heterocycles. The maximum Gasteiger partial charge on any atom is 0.257 e. The summed E-state index contributed by atoms with van der Waals surface area (Å²) >= 11 is 0. The van der Waals surface area contributed by atoms with Crippen molar-refractivity contribution in [1.29, 1.82) is 0 Å². The molecule has 2 fully saturated rings. The van der Waals surface area contributed by atoms with Gasteiger partial charge in [0.2, 0.25) is 0 Å². The maximum atomic E-state index is 13.1. The van der Waals surface area contributed by atoms with Crippen LogP contribution in [-0.4, -0.2) is 46.7 Å². The van der Waals surface area contributed by atoms with Crippen LogP contribution in [0.1, 0.15) is 84.0 Å². The van der Waals surface area contributed by atoms with E-state index in [2.05, 4.69) is 5.32 Å². The Morgan fingerprint density at radius 2 is 1.93 bits per heavy atom. The van der Waals surface area contributed by atoms with Gasteiger partial charge >= 0.3 is 0 Å². The molecule has 4 N–H and O–H groups in total. The molecule has 2 aliphatic carbocycles. The quantitative estimate of drug-likeness (QED) is 0.594. The minimum atomic E-state index is -0.659. The van der Waals surface area contributed by atoms with E-state index in [4.69, 9.17) is 10.7 Å². The fourth-order valence-electron chi connectivity index (χ4n) is 5.52. The van der Waals surface area contributed by atoms with Crippen LogP contribution in [0.4, 0.5) is 0 Å². The fourth-order valence-corrected chi connectivity index (χ4v) is 5.52. The summed E-state index contributed by atoms with van der Waals surface area (Å²) in [5.74, 6) is 1.65. The molecule has 2 saturated carbocycles. The first-order chi connectivity index (χ1) is 12.9. The third-order valence-electron chi connectivity index (χ3n) is 6.95. The maximum absolute atomic E-state index is 13.1. The van der Waals surface area contributed by atoms with E-state index in [1.54, 1.807) is 18.9 Å². The van der Waals surface area contributed by atoms with Crippen molar-refractivity contribution in [3.8, 4) is 0 Å². The van der Waals surface area contributed by atoms with Crippen molar-refractivity contribution in [3.63, 3.8) is 0 Å². The molecule has 0 bridgehead atoms. The number of nitrogens with two attached hydrogens (primary N) is 1. The van der Waals surface area contributed by atoms with E-state index in [9.17, 15) is 9.90 Å². The van der Waals surface area contributed by atoms with Gasteiger partial charge in [-0.3, -0.25) is 15.0 Å². The molecule has 3 rings (SSSR count). The molecule has 1 heterocycles. The van der Waals surface area contributed by atoms with Gasteiger partial charge in [0.05, 0.1) is 0 Å². The van der Waals surface area contributed by atoms with Crippen LogP contribution in [0.3, 0.4) is 0 Å². The number of aliphatic hydroxyl groups is 1. The number of aliphatic imine (C=N–C) groups is 1. The average molecular weight is 379 g/mol. The zero-order chi connectivity index (χ0) is 19.4. The van der Waals surface area contributed by atoms with Gasteiger partial charge in [0.1, 0.15) is 11.8 Å². The molecule has 27 heavy (non-hydrogen) atoms. The lowest BCUT2D eigenvalue weighted by molar-refractivity contribution is -0.131. The van der Waals surface area contributed by atoms with Crippen LogP contribution in [0.15, 0.2) is 4.99 Å². The van der Waals surface area contributed by atoms with Crippen LogP contribution < -0.4 is 11.1 Å². The second kappa shape index (κ2) is 8.91. The largest absolute Gasteiger partial charge is 0.379 e. The summed E-state index contributed by atoms with van der Waals surface area (Å²) in [4.78, 5) is 19.4. The van der Waals surface area contributed by atoms with Gasteiger partial charge in [0.25, 0.3) is 5.91 Å². The van der Waals surface area contributed by atoms with E-state index in [-0.39, 0.29) is 5.91 Å². The molecule has 0 aromatic carbocycles. The van der Waals surface area contributed by atoms with Crippen LogP contribution in [0.2, 0.25) is 0 Å². The van der Waals surface area contributed by atoms with Crippen molar-refractivity contribution in [3.05, 3.63) is 0 Å². The minimum Gasteiger partial charge on any atom is -0.379 e. The summed E-state index contributed by atoms with van der Waals surface area (Å²) in [6.07, 6.45) is 13.2. The molecule has 3 aliphatic rings. The van der Waals surface area contributed by atoms with Crippen molar-refractivity contribution in [2.24, 2.45) is 22.6 Å². The van der Waals surface area contributed by atoms with Gasteiger partial charge in [-0.2, -0.15) is 0 Å². The Hall–Kier alpha value is -1.14. The van der Waals surface area contributed by atoms with Crippen molar-refractivity contribution in [2.75, 3.05) is 7.05 Å². The Kier molecular flexibility index (Phi) is 6.79. The SMILES string of the molecule is CC(O)N[C@@H]1CCC[C@H](C[C@@]2(CCC3CCCCC3)N=C(N)N(C)C2=O)C1. The predicted molar refractivity (Wildman–Crippen MR) is 108 cm³/mol.